The number of carbonyl (C=O) groups excluding carboxylic acids is 2. The molecular formula is C18H23Cl2NO4. The standard InChI is InChI=1S/C18H23Cl2NO4/c1-10(2)13-5-4-11(3)6-15(13)25-16(22)9-24-18(23)12-7-14(19)17(20)21-8-12/h7-8,10-11,13,15H,4-6,9H2,1-3H3/t11-,13+,15+/m1/s1. The van der Waals surface area contributed by atoms with Crippen molar-refractivity contribution in [1.29, 1.82) is 0 Å². The minimum atomic E-state index is -0.694. The van der Waals surface area contributed by atoms with Crippen LogP contribution in [0.15, 0.2) is 12.3 Å². The molecule has 0 spiro atoms. The minimum absolute atomic E-state index is 0.101. The van der Waals surface area contributed by atoms with Gasteiger partial charge in [-0.05, 0) is 36.7 Å². The van der Waals surface area contributed by atoms with Gasteiger partial charge in [0.05, 0.1) is 10.6 Å². The van der Waals surface area contributed by atoms with E-state index in [1.54, 1.807) is 0 Å². The molecule has 1 saturated carbocycles. The first-order valence-electron chi connectivity index (χ1n) is 8.45. The maximum absolute atomic E-state index is 12.1. The van der Waals surface area contributed by atoms with E-state index in [9.17, 15) is 9.59 Å². The molecule has 138 valence electrons. The summed E-state index contributed by atoms with van der Waals surface area (Å²) in [5.41, 5.74) is 0.133. The predicted octanol–water partition coefficient (Wildman–Crippen LogP) is 4.55. The van der Waals surface area contributed by atoms with Crippen molar-refractivity contribution in [2.45, 2.75) is 46.1 Å². The Labute approximate surface area is 158 Å². The molecule has 0 aliphatic heterocycles. The highest BCUT2D eigenvalue weighted by atomic mass is 35.5. The fourth-order valence-corrected chi connectivity index (χ4v) is 3.46. The molecule has 1 aromatic heterocycles. The van der Waals surface area contributed by atoms with E-state index in [1.807, 2.05) is 0 Å². The fourth-order valence-electron chi connectivity index (χ4n) is 3.19. The number of ether oxygens (including phenoxy) is 2. The lowest BCUT2D eigenvalue weighted by molar-refractivity contribution is -0.159. The van der Waals surface area contributed by atoms with Crippen LogP contribution >= 0.6 is 23.2 Å². The predicted molar refractivity (Wildman–Crippen MR) is 95.8 cm³/mol. The van der Waals surface area contributed by atoms with Crippen LogP contribution in [-0.4, -0.2) is 29.6 Å². The monoisotopic (exact) mass is 387 g/mol. The Morgan fingerprint density at radius 3 is 2.68 bits per heavy atom. The van der Waals surface area contributed by atoms with Crippen LogP contribution in [0.25, 0.3) is 0 Å². The second-order valence-corrected chi connectivity index (χ2v) is 7.69. The van der Waals surface area contributed by atoms with Crippen LogP contribution in [0.5, 0.6) is 0 Å². The molecule has 7 heteroatoms. The molecule has 25 heavy (non-hydrogen) atoms. The Balaban J connectivity index is 1.88. The quantitative estimate of drug-likeness (QED) is 0.547. The first-order chi connectivity index (χ1) is 11.8. The van der Waals surface area contributed by atoms with Gasteiger partial charge in [-0.3, -0.25) is 0 Å². The molecule has 3 atom stereocenters. The van der Waals surface area contributed by atoms with Gasteiger partial charge in [-0.15, -0.1) is 0 Å². The smallest absolute Gasteiger partial charge is 0.344 e. The van der Waals surface area contributed by atoms with Gasteiger partial charge in [0.2, 0.25) is 0 Å². The molecule has 1 aliphatic rings. The summed E-state index contributed by atoms with van der Waals surface area (Å²) in [6.45, 7) is 6.00. The van der Waals surface area contributed by atoms with Gasteiger partial charge in [-0.2, -0.15) is 0 Å². The van der Waals surface area contributed by atoms with Crippen molar-refractivity contribution < 1.29 is 19.1 Å². The zero-order valence-corrected chi connectivity index (χ0v) is 16.1. The number of halogens is 2. The van der Waals surface area contributed by atoms with Crippen LogP contribution in [0.2, 0.25) is 10.2 Å². The average molecular weight is 388 g/mol. The molecular weight excluding hydrogens is 365 g/mol. The molecule has 5 nitrogen and oxygen atoms in total. The SMILES string of the molecule is CC(C)[C@@H]1CC[C@@H](C)C[C@@H]1OC(=O)COC(=O)c1cnc(Cl)c(Cl)c1. The molecule has 1 aliphatic carbocycles. The van der Waals surface area contributed by atoms with Crippen LogP contribution < -0.4 is 0 Å². The second kappa shape index (κ2) is 8.86. The molecule has 1 aromatic rings. The molecule has 0 saturated heterocycles. The summed E-state index contributed by atoms with van der Waals surface area (Å²) in [6, 6.07) is 1.35. The van der Waals surface area contributed by atoms with E-state index < -0.39 is 18.5 Å². The third kappa shape index (κ3) is 5.58. The Kier molecular flexibility index (Phi) is 7.08. The van der Waals surface area contributed by atoms with Crippen molar-refractivity contribution in [3.63, 3.8) is 0 Å². The summed E-state index contributed by atoms with van der Waals surface area (Å²) in [7, 11) is 0. The third-order valence-electron chi connectivity index (χ3n) is 4.60. The van der Waals surface area contributed by atoms with Crippen LogP contribution in [0, 0.1) is 17.8 Å². The number of hydrogen-bond acceptors (Lipinski definition) is 5. The lowest BCUT2D eigenvalue weighted by atomic mass is 9.75. The average Bonchev–Trinajstić information content (AvgIpc) is 2.55. The summed E-state index contributed by atoms with van der Waals surface area (Å²) in [4.78, 5) is 27.8. The molecule has 2 rings (SSSR count). The van der Waals surface area contributed by atoms with Gasteiger partial charge >= 0.3 is 11.9 Å². The number of esters is 2. The highest BCUT2D eigenvalue weighted by molar-refractivity contribution is 6.41. The van der Waals surface area contributed by atoms with E-state index in [4.69, 9.17) is 32.7 Å². The Hall–Kier alpha value is -1.33. The number of aromatic nitrogens is 1. The normalized spacial score (nSPS) is 23.4. The zero-order valence-electron chi connectivity index (χ0n) is 14.6. The molecule has 0 aromatic carbocycles. The van der Waals surface area contributed by atoms with Gasteiger partial charge in [0.1, 0.15) is 11.3 Å². The molecule has 0 bridgehead atoms. The van der Waals surface area contributed by atoms with Crippen molar-refractivity contribution in [3.05, 3.63) is 28.0 Å². The van der Waals surface area contributed by atoms with Crippen molar-refractivity contribution in [2.75, 3.05) is 6.61 Å². The largest absolute Gasteiger partial charge is 0.460 e. The summed E-state index contributed by atoms with van der Waals surface area (Å²) in [5, 5.41) is 0.249. The van der Waals surface area contributed by atoms with Crippen LogP contribution in [0.3, 0.4) is 0 Å². The van der Waals surface area contributed by atoms with E-state index in [0.29, 0.717) is 17.8 Å². The number of pyridine rings is 1. The molecule has 0 N–H and O–H groups in total. The van der Waals surface area contributed by atoms with Crippen molar-refractivity contribution in [1.82, 2.24) is 4.98 Å². The molecule has 0 radical (unpaired) electrons. The van der Waals surface area contributed by atoms with Gasteiger partial charge in [0, 0.05) is 6.20 Å². The van der Waals surface area contributed by atoms with E-state index in [2.05, 4.69) is 25.8 Å². The van der Waals surface area contributed by atoms with Crippen LogP contribution in [0.4, 0.5) is 0 Å². The van der Waals surface area contributed by atoms with E-state index in [-0.39, 0.29) is 21.8 Å². The van der Waals surface area contributed by atoms with Crippen LogP contribution in [0.1, 0.15) is 50.4 Å². The van der Waals surface area contributed by atoms with Gasteiger partial charge in [0.25, 0.3) is 0 Å². The second-order valence-electron chi connectivity index (χ2n) is 6.93. The van der Waals surface area contributed by atoms with Crippen molar-refractivity contribution in [3.8, 4) is 0 Å². The summed E-state index contributed by atoms with van der Waals surface area (Å²) in [6.07, 6.45) is 4.17. The van der Waals surface area contributed by atoms with Gasteiger partial charge in [0.15, 0.2) is 6.61 Å². The van der Waals surface area contributed by atoms with Crippen LogP contribution in [-0.2, 0) is 14.3 Å². The first kappa shape index (κ1) is 20.0. The Morgan fingerprint density at radius 1 is 1.32 bits per heavy atom. The Morgan fingerprint density at radius 2 is 2.04 bits per heavy atom. The van der Waals surface area contributed by atoms with Gasteiger partial charge in [-0.1, -0.05) is 50.4 Å². The topological polar surface area (TPSA) is 65.5 Å². The highest BCUT2D eigenvalue weighted by Gasteiger charge is 2.33. The maximum atomic E-state index is 12.1. The summed E-state index contributed by atoms with van der Waals surface area (Å²) < 4.78 is 10.6. The van der Waals surface area contributed by atoms with Gasteiger partial charge in [-0.25, -0.2) is 14.6 Å². The lowest BCUT2D eigenvalue weighted by Crippen LogP contribution is -2.36. The Bertz CT molecular complexity index is 636. The molecule has 0 amide bonds. The van der Waals surface area contributed by atoms with Gasteiger partial charge < -0.3 is 9.47 Å². The summed E-state index contributed by atoms with van der Waals surface area (Å²) in [5.74, 6) is 0.0782. The number of hydrogen-bond donors (Lipinski definition) is 0. The fraction of sp³-hybridized carbons (Fsp3) is 0.611. The van der Waals surface area contributed by atoms with Crippen molar-refractivity contribution >= 4 is 35.1 Å². The zero-order chi connectivity index (χ0) is 18.6. The van der Waals surface area contributed by atoms with E-state index in [1.165, 1.54) is 12.3 Å². The molecule has 0 unspecified atom stereocenters. The first-order valence-corrected chi connectivity index (χ1v) is 9.21. The number of rotatable bonds is 5. The molecule has 1 heterocycles. The van der Waals surface area contributed by atoms with Crippen molar-refractivity contribution in [2.24, 2.45) is 17.8 Å². The highest BCUT2D eigenvalue weighted by Crippen LogP contribution is 2.35. The number of nitrogens with zero attached hydrogens (tertiary/aromatic N) is 1. The summed E-state index contributed by atoms with van der Waals surface area (Å²) >= 11 is 11.5. The van der Waals surface area contributed by atoms with E-state index in [0.717, 1.165) is 19.3 Å². The minimum Gasteiger partial charge on any atom is -0.460 e. The lowest BCUT2D eigenvalue weighted by Gasteiger charge is -2.36. The third-order valence-corrected chi connectivity index (χ3v) is 5.28. The number of carbonyl (C=O) groups is 2. The van der Waals surface area contributed by atoms with E-state index >= 15 is 0 Å². The maximum Gasteiger partial charge on any atom is 0.344 e. The molecule has 1 fully saturated rings.